The fourth-order valence-electron chi connectivity index (χ4n) is 1.04. The van der Waals surface area contributed by atoms with Crippen molar-refractivity contribution in [3.8, 4) is 0 Å². The predicted molar refractivity (Wildman–Crippen MR) is 48.6 cm³/mol. The molecule has 58 valence electrons. The highest BCUT2D eigenvalue weighted by molar-refractivity contribution is 7.99. The summed E-state index contributed by atoms with van der Waals surface area (Å²) in [6.45, 7) is 5.78. The average Bonchev–Trinajstić information content (AvgIpc) is 2.03. The summed E-state index contributed by atoms with van der Waals surface area (Å²) in [6.07, 6.45) is 4.36. The van der Waals surface area contributed by atoms with Crippen LogP contribution in [0.1, 0.15) is 6.92 Å². The Kier molecular flexibility index (Phi) is 3.91. The molecular weight excluding hydrogens is 142 g/mol. The maximum Gasteiger partial charge on any atom is 0.0163 e. The fraction of sp³-hybridized carbons (Fsp3) is 0.750. The molecule has 0 radical (unpaired) electrons. The van der Waals surface area contributed by atoms with Crippen molar-refractivity contribution in [3.05, 3.63) is 12.2 Å². The third kappa shape index (κ3) is 2.76. The van der Waals surface area contributed by atoms with E-state index in [-0.39, 0.29) is 0 Å². The van der Waals surface area contributed by atoms with E-state index in [0.717, 1.165) is 6.54 Å². The van der Waals surface area contributed by atoms with E-state index < -0.39 is 0 Å². The molecule has 0 unspecified atom stereocenters. The van der Waals surface area contributed by atoms with Gasteiger partial charge in [0.2, 0.25) is 0 Å². The number of rotatable bonds is 2. The third-order valence-electron chi connectivity index (χ3n) is 1.70. The molecule has 1 fully saturated rings. The van der Waals surface area contributed by atoms with E-state index in [0.29, 0.717) is 0 Å². The Bertz CT molecular complexity index is 106. The largest absolute Gasteiger partial charge is 0.298 e. The fourth-order valence-corrected chi connectivity index (χ4v) is 2.02. The van der Waals surface area contributed by atoms with Crippen LogP contribution in [-0.4, -0.2) is 36.0 Å². The van der Waals surface area contributed by atoms with Gasteiger partial charge in [0.05, 0.1) is 0 Å². The van der Waals surface area contributed by atoms with Crippen LogP contribution in [0.4, 0.5) is 0 Å². The predicted octanol–water partition coefficient (Wildman–Crippen LogP) is 1.61. The van der Waals surface area contributed by atoms with Gasteiger partial charge in [-0.3, -0.25) is 4.90 Å². The van der Waals surface area contributed by atoms with Crippen molar-refractivity contribution in [3.63, 3.8) is 0 Å². The number of nitrogens with zero attached hydrogens (tertiary/aromatic N) is 1. The van der Waals surface area contributed by atoms with Crippen LogP contribution in [-0.2, 0) is 0 Å². The summed E-state index contributed by atoms with van der Waals surface area (Å²) in [7, 11) is 0. The molecule has 1 aliphatic rings. The molecule has 0 N–H and O–H groups in total. The maximum atomic E-state index is 2.50. The molecule has 0 aromatic carbocycles. The zero-order chi connectivity index (χ0) is 7.23. The summed E-state index contributed by atoms with van der Waals surface area (Å²) in [4.78, 5) is 2.50. The Hall–Kier alpha value is 0.0500. The molecule has 0 bridgehead atoms. The molecular formula is C8H15NS. The first-order valence-corrected chi connectivity index (χ1v) is 5.00. The van der Waals surface area contributed by atoms with Crippen molar-refractivity contribution in [1.29, 1.82) is 0 Å². The molecule has 0 aliphatic carbocycles. The van der Waals surface area contributed by atoms with Crippen molar-refractivity contribution in [1.82, 2.24) is 4.90 Å². The summed E-state index contributed by atoms with van der Waals surface area (Å²) >= 11 is 2.07. The minimum absolute atomic E-state index is 1.15. The van der Waals surface area contributed by atoms with Crippen LogP contribution < -0.4 is 0 Å². The summed E-state index contributed by atoms with van der Waals surface area (Å²) in [5, 5.41) is 0. The molecule has 0 spiro atoms. The monoisotopic (exact) mass is 157 g/mol. The minimum Gasteiger partial charge on any atom is -0.298 e. The number of hydrogen-bond donors (Lipinski definition) is 0. The quantitative estimate of drug-likeness (QED) is 0.560. The number of allylic oxidation sites excluding steroid dienone is 1. The van der Waals surface area contributed by atoms with E-state index in [1.165, 1.54) is 24.6 Å². The summed E-state index contributed by atoms with van der Waals surface area (Å²) < 4.78 is 0. The number of thioether (sulfide) groups is 1. The maximum absolute atomic E-state index is 2.50. The molecule has 1 heterocycles. The highest BCUT2D eigenvalue weighted by Gasteiger charge is 2.06. The number of hydrogen-bond acceptors (Lipinski definition) is 2. The first-order valence-electron chi connectivity index (χ1n) is 3.84. The summed E-state index contributed by atoms with van der Waals surface area (Å²) in [5.74, 6) is 2.63. The van der Waals surface area contributed by atoms with Gasteiger partial charge in [0.15, 0.2) is 0 Å². The second kappa shape index (κ2) is 4.80. The Balaban J connectivity index is 2.13. The van der Waals surface area contributed by atoms with E-state index >= 15 is 0 Å². The second-order valence-corrected chi connectivity index (χ2v) is 3.71. The van der Waals surface area contributed by atoms with Gasteiger partial charge in [0, 0.05) is 31.1 Å². The van der Waals surface area contributed by atoms with Gasteiger partial charge in [-0.1, -0.05) is 12.2 Å². The van der Waals surface area contributed by atoms with Crippen LogP contribution in [0.3, 0.4) is 0 Å². The molecule has 1 saturated heterocycles. The van der Waals surface area contributed by atoms with Crippen LogP contribution in [0.15, 0.2) is 12.2 Å². The van der Waals surface area contributed by atoms with Gasteiger partial charge in [-0.2, -0.15) is 11.8 Å². The topological polar surface area (TPSA) is 3.24 Å². The molecule has 0 aromatic rings. The Morgan fingerprint density at radius 1 is 1.40 bits per heavy atom. The van der Waals surface area contributed by atoms with Crippen LogP contribution in [0.5, 0.6) is 0 Å². The molecule has 0 atom stereocenters. The Labute approximate surface area is 67.5 Å². The van der Waals surface area contributed by atoms with E-state index in [4.69, 9.17) is 0 Å². The molecule has 1 rings (SSSR count). The molecule has 1 aliphatic heterocycles. The lowest BCUT2D eigenvalue weighted by Crippen LogP contribution is -2.32. The van der Waals surface area contributed by atoms with Crippen molar-refractivity contribution >= 4 is 11.8 Å². The van der Waals surface area contributed by atoms with Crippen molar-refractivity contribution in [2.45, 2.75) is 6.92 Å². The van der Waals surface area contributed by atoms with Crippen LogP contribution in [0.25, 0.3) is 0 Å². The average molecular weight is 157 g/mol. The van der Waals surface area contributed by atoms with Crippen molar-refractivity contribution in [2.75, 3.05) is 31.1 Å². The Morgan fingerprint density at radius 3 is 2.70 bits per heavy atom. The van der Waals surface area contributed by atoms with E-state index in [2.05, 4.69) is 35.7 Å². The molecule has 0 aromatic heterocycles. The highest BCUT2D eigenvalue weighted by atomic mass is 32.2. The van der Waals surface area contributed by atoms with Gasteiger partial charge in [-0.15, -0.1) is 0 Å². The van der Waals surface area contributed by atoms with Gasteiger partial charge in [-0.25, -0.2) is 0 Å². The second-order valence-electron chi connectivity index (χ2n) is 2.48. The van der Waals surface area contributed by atoms with Gasteiger partial charge in [0.1, 0.15) is 0 Å². The lowest BCUT2D eigenvalue weighted by atomic mass is 10.4. The van der Waals surface area contributed by atoms with Crippen LogP contribution >= 0.6 is 11.8 Å². The van der Waals surface area contributed by atoms with Crippen molar-refractivity contribution in [2.24, 2.45) is 0 Å². The van der Waals surface area contributed by atoms with Gasteiger partial charge in [0.25, 0.3) is 0 Å². The molecule has 10 heavy (non-hydrogen) atoms. The molecule has 1 nitrogen and oxygen atoms in total. The zero-order valence-corrected chi connectivity index (χ0v) is 7.36. The van der Waals surface area contributed by atoms with Gasteiger partial charge < -0.3 is 0 Å². The summed E-state index contributed by atoms with van der Waals surface area (Å²) in [6, 6.07) is 0. The first-order chi connectivity index (χ1) is 4.93. The third-order valence-corrected chi connectivity index (χ3v) is 2.65. The standard InChI is InChI=1S/C8H15NS/c1-2-3-4-9-5-7-10-8-6-9/h2-3H,4-8H2,1H3/b3-2+. The minimum atomic E-state index is 1.15. The van der Waals surface area contributed by atoms with E-state index in [1.54, 1.807) is 0 Å². The molecule has 0 amide bonds. The smallest absolute Gasteiger partial charge is 0.0163 e. The first kappa shape index (κ1) is 8.15. The lowest BCUT2D eigenvalue weighted by Gasteiger charge is -2.24. The van der Waals surface area contributed by atoms with E-state index in [1.807, 2.05) is 0 Å². The highest BCUT2D eigenvalue weighted by Crippen LogP contribution is 2.08. The van der Waals surface area contributed by atoms with Gasteiger partial charge in [-0.05, 0) is 6.92 Å². The lowest BCUT2D eigenvalue weighted by molar-refractivity contribution is 0.336. The van der Waals surface area contributed by atoms with Crippen LogP contribution in [0, 0.1) is 0 Å². The molecule has 0 saturated carbocycles. The zero-order valence-electron chi connectivity index (χ0n) is 6.55. The van der Waals surface area contributed by atoms with Gasteiger partial charge >= 0.3 is 0 Å². The summed E-state index contributed by atoms with van der Waals surface area (Å²) in [5.41, 5.74) is 0. The van der Waals surface area contributed by atoms with E-state index in [9.17, 15) is 0 Å². The van der Waals surface area contributed by atoms with Crippen LogP contribution in [0.2, 0.25) is 0 Å². The Morgan fingerprint density at radius 2 is 2.10 bits per heavy atom. The molecule has 2 heteroatoms. The van der Waals surface area contributed by atoms with Crippen molar-refractivity contribution < 1.29 is 0 Å². The SMILES string of the molecule is C/C=C/CN1CCSCC1. The normalized spacial score (nSPS) is 22.1.